The van der Waals surface area contributed by atoms with E-state index in [1.54, 1.807) is 12.3 Å². The smallest absolute Gasteiger partial charge is 0.351 e. The molecule has 0 unspecified atom stereocenters. The van der Waals surface area contributed by atoms with Crippen molar-refractivity contribution in [2.45, 2.75) is 25.0 Å². The van der Waals surface area contributed by atoms with Crippen LogP contribution in [0.15, 0.2) is 84.6 Å². The van der Waals surface area contributed by atoms with Crippen molar-refractivity contribution in [2.24, 2.45) is 0 Å². The molecule has 2 atom stereocenters. The van der Waals surface area contributed by atoms with Gasteiger partial charge in [0.05, 0.1) is 31.6 Å². The summed E-state index contributed by atoms with van der Waals surface area (Å²) in [6, 6.07) is 14.8. The predicted octanol–water partition coefficient (Wildman–Crippen LogP) is 1.96. The zero-order valence-electron chi connectivity index (χ0n) is 25.8. The zero-order chi connectivity index (χ0) is 33.1. The molecule has 2 saturated heterocycles. The Kier molecular flexibility index (Phi) is 8.84. The molecule has 1 N–H and O–H groups in total. The predicted molar refractivity (Wildman–Crippen MR) is 168 cm³/mol. The molecule has 3 aromatic heterocycles. The van der Waals surface area contributed by atoms with Crippen LogP contribution in [-0.4, -0.2) is 91.3 Å². The quantitative estimate of drug-likeness (QED) is 0.222. The van der Waals surface area contributed by atoms with Gasteiger partial charge in [0, 0.05) is 43.5 Å². The Balaban J connectivity index is 0.925. The van der Waals surface area contributed by atoms with Crippen molar-refractivity contribution in [3.8, 4) is 11.6 Å². The van der Waals surface area contributed by atoms with E-state index in [9.17, 15) is 13.6 Å². The number of benzene rings is 2. The molecule has 0 amide bonds. The van der Waals surface area contributed by atoms with Gasteiger partial charge < -0.3 is 29.1 Å². The van der Waals surface area contributed by atoms with Gasteiger partial charge in [-0.15, -0.1) is 0 Å². The van der Waals surface area contributed by atoms with E-state index in [1.165, 1.54) is 39.0 Å². The molecule has 2 aromatic carbocycles. The maximum absolute atomic E-state index is 14.9. The summed E-state index contributed by atoms with van der Waals surface area (Å²) in [5, 5.41) is 17.2. The normalized spacial score (nSPS) is 19.6. The average Bonchev–Trinajstić information content (AvgIpc) is 3.86. The van der Waals surface area contributed by atoms with Gasteiger partial charge in [-0.1, -0.05) is 0 Å². The van der Waals surface area contributed by atoms with E-state index in [0.717, 1.165) is 49.7 Å². The van der Waals surface area contributed by atoms with Crippen molar-refractivity contribution in [3.63, 3.8) is 0 Å². The molecule has 0 saturated carbocycles. The van der Waals surface area contributed by atoms with Gasteiger partial charge in [0.15, 0.2) is 0 Å². The average molecular weight is 662 g/mol. The van der Waals surface area contributed by atoms with Gasteiger partial charge in [0.2, 0.25) is 5.79 Å². The van der Waals surface area contributed by atoms with E-state index in [2.05, 4.69) is 30.0 Å². The Morgan fingerprint density at radius 1 is 0.958 bits per heavy atom. The lowest BCUT2D eigenvalue weighted by Crippen LogP contribution is -2.46. The Bertz CT molecular complexity index is 1880. The van der Waals surface area contributed by atoms with Gasteiger partial charge >= 0.3 is 5.69 Å². The molecule has 2 fully saturated rings. The van der Waals surface area contributed by atoms with Crippen LogP contribution in [0, 0.1) is 11.6 Å². The minimum Gasteiger partial charge on any atom is -0.491 e. The van der Waals surface area contributed by atoms with Crippen molar-refractivity contribution < 1.29 is 28.1 Å². The van der Waals surface area contributed by atoms with Gasteiger partial charge in [-0.3, -0.25) is 0 Å². The third-order valence-corrected chi connectivity index (χ3v) is 8.34. The Morgan fingerprint density at radius 3 is 2.42 bits per heavy atom. The van der Waals surface area contributed by atoms with Crippen LogP contribution >= 0.6 is 0 Å². The van der Waals surface area contributed by atoms with Crippen molar-refractivity contribution in [1.29, 1.82) is 0 Å². The molecule has 5 heterocycles. The Morgan fingerprint density at radius 2 is 1.73 bits per heavy atom. The molecule has 5 aromatic rings. The van der Waals surface area contributed by atoms with E-state index in [1.807, 2.05) is 30.3 Å². The van der Waals surface area contributed by atoms with E-state index < -0.39 is 23.5 Å². The lowest BCUT2D eigenvalue weighted by molar-refractivity contribution is -0.192. The number of anilines is 2. The SMILES string of the molecule is O=c1n(-c2ccc(N3CCN(c4ccc(OC[C@H]5CO[C@](Cn6cncn6)(c6ccc(F)cc6F)O5)cc4)CC3)cn2)cnn1CCO. The molecule has 2 aliphatic rings. The largest absolute Gasteiger partial charge is 0.491 e. The number of ether oxygens (including phenoxy) is 3. The highest BCUT2D eigenvalue weighted by Crippen LogP contribution is 2.38. The molecule has 48 heavy (non-hydrogen) atoms. The second-order valence-electron chi connectivity index (χ2n) is 11.4. The van der Waals surface area contributed by atoms with Crippen LogP contribution in [-0.2, 0) is 28.4 Å². The van der Waals surface area contributed by atoms with Crippen LogP contribution in [0.4, 0.5) is 20.2 Å². The summed E-state index contributed by atoms with van der Waals surface area (Å²) in [5.41, 5.74) is 1.74. The summed E-state index contributed by atoms with van der Waals surface area (Å²) in [5.74, 6) is -1.88. The van der Waals surface area contributed by atoms with Crippen LogP contribution in [0.1, 0.15) is 5.56 Å². The zero-order valence-corrected chi connectivity index (χ0v) is 25.8. The molecule has 2 aliphatic heterocycles. The van der Waals surface area contributed by atoms with E-state index >= 15 is 0 Å². The summed E-state index contributed by atoms with van der Waals surface area (Å²) >= 11 is 0. The number of rotatable bonds is 11. The van der Waals surface area contributed by atoms with E-state index in [0.29, 0.717) is 11.6 Å². The van der Waals surface area contributed by atoms with Gasteiger partial charge in [0.25, 0.3) is 0 Å². The van der Waals surface area contributed by atoms with Crippen molar-refractivity contribution >= 4 is 11.4 Å². The molecule has 14 nitrogen and oxygen atoms in total. The fourth-order valence-corrected chi connectivity index (χ4v) is 5.90. The minimum atomic E-state index is -1.52. The number of hydrogen-bond donors (Lipinski definition) is 1. The first-order valence-corrected chi connectivity index (χ1v) is 15.4. The van der Waals surface area contributed by atoms with Crippen LogP contribution in [0.5, 0.6) is 5.75 Å². The third kappa shape index (κ3) is 6.49. The number of pyridine rings is 1. The maximum Gasteiger partial charge on any atom is 0.351 e. The third-order valence-electron chi connectivity index (χ3n) is 8.34. The van der Waals surface area contributed by atoms with E-state index in [-0.39, 0.29) is 44.2 Å². The summed E-state index contributed by atoms with van der Waals surface area (Å²) in [4.78, 5) is 25.4. The molecular weight excluding hydrogens is 628 g/mol. The number of aliphatic hydroxyl groups excluding tert-OH is 1. The van der Waals surface area contributed by atoms with Crippen LogP contribution < -0.4 is 20.2 Å². The first kappa shape index (κ1) is 31.4. The van der Waals surface area contributed by atoms with Gasteiger partial charge in [-0.2, -0.15) is 10.2 Å². The fraction of sp³-hybridized carbons (Fsp3) is 0.344. The first-order valence-electron chi connectivity index (χ1n) is 15.4. The molecule has 0 bridgehead atoms. The number of aliphatic hydroxyl groups is 1. The van der Waals surface area contributed by atoms with Crippen molar-refractivity contribution in [3.05, 3.63) is 107 Å². The molecule has 0 spiro atoms. The summed E-state index contributed by atoms with van der Waals surface area (Å²) in [6.45, 7) is 3.47. The fourth-order valence-electron chi connectivity index (χ4n) is 5.90. The summed E-state index contributed by atoms with van der Waals surface area (Å²) < 4.78 is 50.8. The summed E-state index contributed by atoms with van der Waals surface area (Å²) in [7, 11) is 0. The monoisotopic (exact) mass is 661 g/mol. The first-order chi connectivity index (χ1) is 23.4. The Labute approximate surface area is 273 Å². The van der Waals surface area contributed by atoms with Crippen molar-refractivity contribution in [2.75, 3.05) is 55.8 Å². The molecule has 250 valence electrons. The highest BCUT2D eigenvalue weighted by molar-refractivity contribution is 5.53. The molecule has 0 aliphatic carbocycles. The lowest BCUT2D eigenvalue weighted by atomic mass is 10.0. The maximum atomic E-state index is 14.9. The van der Waals surface area contributed by atoms with Gasteiger partial charge in [-0.25, -0.2) is 37.5 Å². The highest BCUT2D eigenvalue weighted by Gasteiger charge is 2.46. The molecule has 7 rings (SSSR count). The topological polar surface area (TPSA) is 138 Å². The number of piperazine rings is 1. The Hall–Kier alpha value is -5.19. The van der Waals surface area contributed by atoms with E-state index in [4.69, 9.17) is 19.3 Å². The number of halogens is 2. The molecule has 16 heteroatoms. The highest BCUT2D eigenvalue weighted by atomic mass is 19.1. The van der Waals surface area contributed by atoms with Gasteiger partial charge in [-0.05, 0) is 48.5 Å². The second kappa shape index (κ2) is 13.5. The second-order valence-corrected chi connectivity index (χ2v) is 11.4. The standard InChI is InChI=1S/C32H33F2N9O5/c33-23-1-7-28(29(34)15-23)32(19-41-21-35-20-37-41)47-18-27(48-32)17-46-26-5-2-24(3-6-26)39-9-11-40(12-10-39)25-4-8-30(36-16-25)42-22-38-43(13-14-44)31(42)45/h1-8,15-16,20-22,27,44H,9-14,17-19H2/t27-,32-/m0/s1. The molecular formula is C32H33F2N9O5. The number of aromatic nitrogens is 7. The van der Waals surface area contributed by atoms with Crippen LogP contribution in [0.25, 0.3) is 5.82 Å². The number of hydrogen-bond acceptors (Lipinski definition) is 11. The lowest BCUT2D eigenvalue weighted by Gasteiger charge is -2.37. The van der Waals surface area contributed by atoms with Crippen LogP contribution in [0.3, 0.4) is 0 Å². The van der Waals surface area contributed by atoms with Crippen LogP contribution in [0.2, 0.25) is 0 Å². The van der Waals surface area contributed by atoms with Gasteiger partial charge in [0.1, 0.15) is 61.4 Å². The van der Waals surface area contributed by atoms with Crippen molar-refractivity contribution in [1.82, 2.24) is 34.1 Å². The molecule has 0 radical (unpaired) electrons. The number of nitrogens with zero attached hydrogens (tertiary/aromatic N) is 9. The minimum absolute atomic E-state index is 0.0236. The summed E-state index contributed by atoms with van der Waals surface area (Å²) in [6.07, 6.45) is 5.46.